The van der Waals surface area contributed by atoms with E-state index in [1.165, 1.54) is 12.1 Å². The van der Waals surface area contributed by atoms with E-state index in [1.54, 1.807) is 23.5 Å². The van der Waals surface area contributed by atoms with E-state index in [0.717, 1.165) is 37.1 Å². The molecule has 146 valence electrons. The Labute approximate surface area is 165 Å². The number of rotatable bonds is 7. The molecule has 0 bridgehead atoms. The highest BCUT2D eigenvalue weighted by Crippen LogP contribution is 2.22. The monoisotopic (exact) mass is 406 g/mol. The molecule has 1 aliphatic rings. The Morgan fingerprint density at radius 2 is 2.00 bits per heavy atom. The molecule has 1 fully saturated rings. The van der Waals surface area contributed by atoms with Gasteiger partial charge in [-0.05, 0) is 67.8 Å². The molecule has 1 atom stereocenters. The predicted octanol–water partition coefficient (Wildman–Crippen LogP) is 3.67. The summed E-state index contributed by atoms with van der Waals surface area (Å²) >= 11 is 1.61. The normalized spacial score (nSPS) is 17.8. The molecule has 5 nitrogen and oxygen atoms in total. The van der Waals surface area contributed by atoms with Crippen LogP contribution in [0.4, 0.5) is 0 Å². The molecule has 0 spiro atoms. The number of nitrogens with one attached hydrogen (secondary N) is 1. The van der Waals surface area contributed by atoms with Crippen LogP contribution in [-0.2, 0) is 16.4 Å². The minimum atomic E-state index is -3.57. The summed E-state index contributed by atoms with van der Waals surface area (Å²) in [4.78, 5) is 16.1. The highest BCUT2D eigenvalue weighted by Gasteiger charge is 2.26. The van der Waals surface area contributed by atoms with Crippen LogP contribution >= 0.6 is 11.3 Å². The minimum Gasteiger partial charge on any atom is -0.336 e. The largest absolute Gasteiger partial charge is 0.336 e. The van der Waals surface area contributed by atoms with Gasteiger partial charge in [0.05, 0.1) is 4.90 Å². The Bertz CT molecular complexity index is 846. The molecule has 27 heavy (non-hydrogen) atoms. The third kappa shape index (κ3) is 4.97. The number of piperidine rings is 1. The van der Waals surface area contributed by atoms with Crippen molar-refractivity contribution in [2.75, 3.05) is 13.1 Å². The van der Waals surface area contributed by atoms with E-state index in [4.69, 9.17) is 0 Å². The third-order valence-corrected chi connectivity index (χ3v) is 7.43. The predicted molar refractivity (Wildman–Crippen MR) is 109 cm³/mol. The van der Waals surface area contributed by atoms with Crippen molar-refractivity contribution in [3.63, 3.8) is 0 Å². The molecule has 1 saturated heterocycles. The first-order valence-electron chi connectivity index (χ1n) is 9.44. The molecular formula is C20H26N2O3S2. The number of thiophene rings is 1. The van der Waals surface area contributed by atoms with E-state index >= 15 is 0 Å². The lowest BCUT2D eigenvalue weighted by Gasteiger charge is -2.35. The fraction of sp³-hybridized carbons (Fsp3) is 0.450. The summed E-state index contributed by atoms with van der Waals surface area (Å²) in [6.07, 6.45) is 4.86. The topological polar surface area (TPSA) is 66.5 Å². The molecule has 1 aliphatic heterocycles. The second-order valence-electron chi connectivity index (χ2n) is 6.81. The van der Waals surface area contributed by atoms with E-state index in [1.807, 2.05) is 22.4 Å². The van der Waals surface area contributed by atoms with Gasteiger partial charge < -0.3 is 4.90 Å². The number of sulfonamides is 1. The van der Waals surface area contributed by atoms with E-state index in [2.05, 4.69) is 11.6 Å². The van der Waals surface area contributed by atoms with E-state index in [0.29, 0.717) is 18.5 Å². The van der Waals surface area contributed by atoms with Crippen LogP contribution in [0.15, 0.2) is 46.7 Å². The molecule has 0 saturated carbocycles. The van der Waals surface area contributed by atoms with Crippen LogP contribution in [0.2, 0.25) is 0 Å². The Morgan fingerprint density at radius 1 is 1.22 bits per heavy atom. The summed E-state index contributed by atoms with van der Waals surface area (Å²) in [6.45, 7) is 3.24. The minimum absolute atomic E-state index is 0.00356. The van der Waals surface area contributed by atoms with Crippen LogP contribution in [0.25, 0.3) is 0 Å². The van der Waals surface area contributed by atoms with Gasteiger partial charge in [-0.1, -0.05) is 13.0 Å². The summed E-state index contributed by atoms with van der Waals surface area (Å²) in [6, 6.07) is 10.5. The standard InChI is InChI=1S/C20H26N2O3S2/c1-2-17-6-3-4-14-22(17)20(23)16-8-10-19(11-9-16)27(24,25)21-13-12-18-7-5-15-26-18/h5,7-11,15,17,21H,2-4,6,12-14H2,1H3/t17-/m0/s1. The summed E-state index contributed by atoms with van der Waals surface area (Å²) < 4.78 is 27.5. The fourth-order valence-corrected chi connectivity index (χ4v) is 5.22. The summed E-state index contributed by atoms with van der Waals surface area (Å²) in [7, 11) is -3.57. The number of hydrogen-bond acceptors (Lipinski definition) is 4. The van der Waals surface area contributed by atoms with Crippen molar-refractivity contribution in [3.05, 3.63) is 52.2 Å². The zero-order valence-electron chi connectivity index (χ0n) is 15.6. The summed E-state index contributed by atoms with van der Waals surface area (Å²) in [5.41, 5.74) is 0.549. The van der Waals surface area contributed by atoms with Crippen LogP contribution in [0.3, 0.4) is 0 Å². The van der Waals surface area contributed by atoms with Crippen LogP contribution in [0, 0.1) is 0 Å². The Balaban J connectivity index is 1.64. The number of amides is 1. The van der Waals surface area contributed by atoms with Gasteiger partial charge in [0, 0.05) is 29.6 Å². The average Bonchev–Trinajstić information content (AvgIpc) is 3.21. The fourth-order valence-electron chi connectivity index (χ4n) is 3.48. The number of carbonyl (C=O) groups is 1. The van der Waals surface area contributed by atoms with Crippen molar-refractivity contribution < 1.29 is 13.2 Å². The van der Waals surface area contributed by atoms with Crippen molar-refractivity contribution in [3.8, 4) is 0 Å². The molecule has 0 radical (unpaired) electrons. The molecule has 1 N–H and O–H groups in total. The van der Waals surface area contributed by atoms with Crippen molar-refractivity contribution in [1.82, 2.24) is 9.62 Å². The maximum Gasteiger partial charge on any atom is 0.254 e. The lowest BCUT2D eigenvalue weighted by molar-refractivity contribution is 0.0608. The van der Waals surface area contributed by atoms with Gasteiger partial charge in [-0.15, -0.1) is 11.3 Å². The summed E-state index contributed by atoms with van der Waals surface area (Å²) in [5.74, 6) is -0.00356. The third-order valence-electron chi connectivity index (χ3n) is 5.01. The Kier molecular flexibility index (Phi) is 6.68. The van der Waals surface area contributed by atoms with E-state index < -0.39 is 10.0 Å². The molecule has 1 aromatic carbocycles. The Hall–Kier alpha value is -1.70. The lowest BCUT2D eigenvalue weighted by atomic mass is 9.99. The first-order valence-corrected chi connectivity index (χ1v) is 11.8. The second-order valence-corrected chi connectivity index (χ2v) is 9.61. The van der Waals surface area contributed by atoms with Crippen LogP contribution < -0.4 is 4.72 Å². The molecule has 0 unspecified atom stereocenters. The quantitative estimate of drug-likeness (QED) is 0.763. The molecule has 7 heteroatoms. The number of benzene rings is 1. The summed E-state index contributed by atoms with van der Waals surface area (Å²) in [5, 5.41) is 1.98. The highest BCUT2D eigenvalue weighted by molar-refractivity contribution is 7.89. The smallest absolute Gasteiger partial charge is 0.254 e. The van der Waals surface area contributed by atoms with Crippen LogP contribution in [-0.4, -0.2) is 38.4 Å². The van der Waals surface area contributed by atoms with Gasteiger partial charge in [0.1, 0.15) is 0 Å². The number of nitrogens with zero attached hydrogens (tertiary/aromatic N) is 1. The Morgan fingerprint density at radius 3 is 2.67 bits per heavy atom. The van der Waals surface area contributed by atoms with Gasteiger partial charge >= 0.3 is 0 Å². The first kappa shape index (κ1) is 20.0. The van der Waals surface area contributed by atoms with Gasteiger partial charge in [0.25, 0.3) is 5.91 Å². The first-order chi connectivity index (χ1) is 13.0. The van der Waals surface area contributed by atoms with Crippen LogP contribution in [0.5, 0.6) is 0 Å². The van der Waals surface area contributed by atoms with Gasteiger partial charge in [0.2, 0.25) is 10.0 Å². The van der Waals surface area contributed by atoms with Gasteiger partial charge in [-0.25, -0.2) is 13.1 Å². The van der Waals surface area contributed by atoms with Gasteiger partial charge in [0.15, 0.2) is 0 Å². The number of hydrogen-bond donors (Lipinski definition) is 1. The van der Waals surface area contributed by atoms with Gasteiger partial charge in [-0.3, -0.25) is 4.79 Å². The van der Waals surface area contributed by atoms with E-state index in [-0.39, 0.29) is 16.8 Å². The van der Waals surface area contributed by atoms with Crippen molar-refractivity contribution in [2.24, 2.45) is 0 Å². The second kappa shape index (κ2) is 8.99. The van der Waals surface area contributed by atoms with Gasteiger partial charge in [-0.2, -0.15) is 0 Å². The lowest BCUT2D eigenvalue weighted by Crippen LogP contribution is -2.43. The van der Waals surface area contributed by atoms with Crippen molar-refractivity contribution in [2.45, 2.75) is 50.0 Å². The average molecular weight is 407 g/mol. The molecular weight excluding hydrogens is 380 g/mol. The molecule has 1 aromatic heterocycles. The van der Waals surface area contributed by atoms with E-state index in [9.17, 15) is 13.2 Å². The van der Waals surface area contributed by atoms with Crippen molar-refractivity contribution >= 4 is 27.3 Å². The SMILES string of the molecule is CC[C@H]1CCCCN1C(=O)c1ccc(S(=O)(=O)NCCc2cccs2)cc1. The molecule has 1 amide bonds. The number of carbonyl (C=O) groups excluding carboxylic acids is 1. The van der Waals surface area contributed by atoms with Crippen molar-refractivity contribution in [1.29, 1.82) is 0 Å². The maximum atomic E-state index is 12.8. The molecule has 0 aliphatic carbocycles. The maximum absolute atomic E-state index is 12.8. The molecule has 2 heterocycles. The zero-order valence-corrected chi connectivity index (χ0v) is 17.2. The highest BCUT2D eigenvalue weighted by atomic mass is 32.2. The molecule has 3 rings (SSSR count). The number of likely N-dealkylation sites (tertiary alicyclic amines) is 1. The zero-order chi connectivity index (χ0) is 19.3. The molecule has 2 aromatic rings. The van der Waals surface area contributed by atoms with Crippen LogP contribution in [0.1, 0.15) is 47.8 Å².